The number of hydrogen-bond acceptors (Lipinski definition) is 4. The zero-order valence-electron chi connectivity index (χ0n) is 21.4. The molecule has 0 fully saturated rings. The van der Waals surface area contributed by atoms with Gasteiger partial charge in [0.2, 0.25) is 0 Å². The molecule has 0 unspecified atom stereocenters. The highest BCUT2D eigenvalue weighted by Gasteiger charge is 2.27. The summed E-state index contributed by atoms with van der Waals surface area (Å²) in [6.45, 7) is 6.69. The first-order chi connectivity index (χ1) is 17.8. The minimum absolute atomic E-state index is 0.0153. The molecule has 1 aliphatic rings. The van der Waals surface area contributed by atoms with Gasteiger partial charge in [0.1, 0.15) is 13.2 Å². The topological polar surface area (TPSA) is 48.4 Å². The lowest BCUT2D eigenvalue weighted by Gasteiger charge is -2.18. The lowest BCUT2D eigenvalue weighted by atomic mass is 9.86. The SMILES string of the molecule is CC(C)(C)c1ccc(C=C2CCc3c2nc2ccccc2c3C(=O)OCCOc2ccccc2F)cc1. The number of para-hydroxylation sites is 2. The third-order valence-corrected chi connectivity index (χ3v) is 6.67. The fraction of sp³-hybridized carbons (Fsp3) is 0.250. The second-order valence-electron chi connectivity index (χ2n) is 10.3. The highest BCUT2D eigenvalue weighted by molar-refractivity contribution is 6.07. The van der Waals surface area contributed by atoms with E-state index in [4.69, 9.17) is 14.5 Å². The van der Waals surface area contributed by atoms with Crippen LogP contribution in [-0.4, -0.2) is 24.2 Å². The predicted octanol–water partition coefficient (Wildman–Crippen LogP) is 7.39. The number of rotatable bonds is 6. The number of pyridine rings is 1. The Labute approximate surface area is 216 Å². The molecule has 4 aromatic rings. The van der Waals surface area contributed by atoms with Gasteiger partial charge in [-0.15, -0.1) is 0 Å². The van der Waals surface area contributed by atoms with E-state index in [-0.39, 0.29) is 24.4 Å². The van der Waals surface area contributed by atoms with Gasteiger partial charge in [0.05, 0.1) is 16.8 Å². The summed E-state index contributed by atoms with van der Waals surface area (Å²) in [5.41, 5.74) is 6.69. The van der Waals surface area contributed by atoms with Gasteiger partial charge in [-0.3, -0.25) is 0 Å². The molecule has 1 heterocycles. The molecule has 0 bridgehead atoms. The minimum Gasteiger partial charge on any atom is -0.487 e. The van der Waals surface area contributed by atoms with E-state index in [0.717, 1.165) is 46.1 Å². The van der Waals surface area contributed by atoms with Crippen molar-refractivity contribution in [3.63, 3.8) is 0 Å². The van der Waals surface area contributed by atoms with Crippen molar-refractivity contribution >= 4 is 28.5 Å². The number of hydrogen-bond donors (Lipinski definition) is 0. The van der Waals surface area contributed by atoms with Crippen LogP contribution in [0.2, 0.25) is 0 Å². The summed E-state index contributed by atoms with van der Waals surface area (Å²) < 4.78 is 24.8. The third kappa shape index (κ3) is 5.26. The van der Waals surface area contributed by atoms with E-state index in [1.807, 2.05) is 24.3 Å². The highest BCUT2D eigenvalue weighted by atomic mass is 19.1. The van der Waals surface area contributed by atoms with Crippen LogP contribution in [0.3, 0.4) is 0 Å². The van der Waals surface area contributed by atoms with Gasteiger partial charge in [0.15, 0.2) is 11.6 Å². The maximum Gasteiger partial charge on any atom is 0.339 e. The van der Waals surface area contributed by atoms with Crippen molar-refractivity contribution in [2.45, 2.75) is 39.0 Å². The summed E-state index contributed by atoms with van der Waals surface area (Å²) in [5.74, 6) is -0.721. The summed E-state index contributed by atoms with van der Waals surface area (Å²) in [4.78, 5) is 18.2. The van der Waals surface area contributed by atoms with Crippen LogP contribution >= 0.6 is 0 Å². The zero-order valence-corrected chi connectivity index (χ0v) is 21.4. The number of halogens is 1. The first-order valence-corrected chi connectivity index (χ1v) is 12.6. The average Bonchev–Trinajstić information content (AvgIpc) is 3.27. The Morgan fingerprint density at radius 1 is 0.946 bits per heavy atom. The van der Waals surface area contributed by atoms with Crippen molar-refractivity contribution in [2.75, 3.05) is 13.2 Å². The number of esters is 1. The molecule has 37 heavy (non-hydrogen) atoms. The number of fused-ring (bicyclic) bond motifs is 2. The number of benzene rings is 3. The number of carbonyl (C=O) groups is 1. The molecular weight excluding hydrogens is 465 g/mol. The van der Waals surface area contributed by atoms with Crippen LogP contribution in [0.15, 0.2) is 72.8 Å². The van der Waals surface area contributed by atoms with Crippen LogP contribution in [-0.2, 0) is 16.6 Å². The molecule has 0 saturated heterocycles. The summed E-state index contributed by atoms with van der Waals surface area (Å²) >= 11 is 0. The lowest BCUT2D eigenvalue weighted by Crippen LogP contribution is -2.15. The predicted molar refractivity (Wildman–Crippen MR) is 145 cm³/mol. The van der Waals surface area contributed by atoms with Crippen molar-refractivity contribution in [1.29, 1.82) is 0 Å². The van der Waals surface area contributed by atoms with E-state index in [1.54, 1.807) is 18.2 Å². The third-order valence-electron chi connectivity index (χ3n) is 6.67. The molecule has 5 rings (SSSR count). The minimum atomic E-state index is -0.445. The second kappa shape index (κ2) is 10.2. The molecule has 0 N–H and O–H groups in total. The lowest BCUT2D eigenvalue weighted by molar-refractivity contribution is 0.0449. The number of aromatic nitrogens is 1. The van der Waals surface area contributed by atoms with E-state index < -0.39 is 11.8 Å². The maximum atomic E-state index is 13.8. The Balaban J connectivity index is 1.40. The van der Waals surface area contributed by atoms with Gasteiger partial charge in [0, 0.05) is 5.39 Å². The Kier molecular flexibility index (Phi) is 6.79. The van der Waals surface area contributed by atoms with Gasteiger partial charge in [-0.1, -0.05) is 75.4 Å². The molecule has 1 aromatic heterocycles. The Morgan fingerprint density at radius 2 is 1.68 bits per heavy atom. The second-order valence-corrected chi connectivity index (χ2v) is 10.3. The first-order valence-electron chi connectivity index (χ1n) is 12.6. The molecular formula is C32H30FNO3. The first kappa shape index (κ1) is 24.7. The summed E-state index contributed by atoms with van der Waals surface area (Å²) in [5, 5.41) is 0.775. The van der Waals surface area contributed by atoms with Crippen LogP contribution < -0.4 is 4.74 Å². The Morgan fingerprint density at radius 3 is 2.43 bits per heavy atom. The van der Waals surface area contributed by atoms with E-state index >= 15 is 0 Å². The number of nitrogens with zero attached hydrogens (tertiary/aromatic N) is 1. The van der Waals surface area contributed by atoms with Crippen LogP contribution in [0.4, 0.5) is 4.39 Å². The molecule has 0 atom stereocenters. The Hall–Kier alpha value is -3.99. The monoisotopic (exact) mass is 495 g/mol. The van der Waals surface area contributed by atoms with E-state index in [9.17, 15) is 9.18 Å². The van der Waals surface area contributed by atoms with Gasteiger partial charge in [-0.2, -0.15) is 0 Å². The van der Waals surface area contributed by atoms with Gasteiger partial charge < -0.3 is 9.47 Å². The summed E-state index contributed by atoms with van der Waals surface area (Å²) in [6.07, 6.45) is 3.68. The fourth-order valence-electron chi connectivity index (χ4n) is 4.71. The number of ether oxygens (including phenoxy) is 2. The molecule has 5 heteroatoms. The largest absolute Gasteiger partial charge is 0.487 e. The smallest absolute Gasteiger partial charge is 0.339 e. The van der Waals surface area contributed by atoms with Gasteiger partial charge in [0.25, 0.3) is 0 Å². The summed E-state index contributed by atoms with van der Waals surface area (Å²) in [7, 11) is 0. The summed E-state index contributed by atoms with van der Waals surface area (Å²) in [6, 6.07) is 22.4. The highest BCUT2D eigenvalue weighted by Crippen LogP contribution is 2.38. The average molecular weight is 496 g/mol. The Bertz CT molecular complexity index is 1480. The normalized spacial score (nSPS) is 14.1. The van der Waals surface area contributed by atoms with Gasteiger partial charge in [-0.05, 0) is 64.8 Å². The van der Waals surface area contributed by atoms with E-state index in [1.165, 1.54) is 11.6 Å². The molecule has 4 nitrogen and oxygen atoms in total. The molecule has 0 radical (unpaired) electrons. The van der Waals surface area contributed by atoms with E-state index in [0.29, 0.717) is 5.56 Å². The van der Waals surface area contributed by atoms with Crippen LogP contribution in [0.25, 0.3) is 22.6 Å². The molecule has 0 saturated carbocycles. The van der Waals surface area contributed by atoms with Crippen LogP contribution in [0.5, 0.6) is 5.75 Å². The van der Waals surface area contributed by atoms with Gasteiger partial charge >= 0.3 is 5.97 Å². The van der Waals surface area contributed by atoms with Crippen molar-refractivity contribution in [1.82, 2.24) is 4.98 Å². The molecule has 0 aliphatic heterocycles. The maximum absolute atomic E-state index is 13.8. The van der Waals surface area contributed by atoms with Crippen molar-refractivity contribution < 1.29 is 18.7 Å². The standard InChI is InChI=1S/C32H30FNO3/c1-32(2,3)23-15-12-21(13-16-23)20-22-14-17-25-29(24-8-4-6-10-27(24)34-30(22)25)31(35)37-19-18-36-28-11-7-5-9-26(28)33/h4-13,15-16,20H,14,17-19H2,1-3H3. The molecule has 3 aromatic carbocycles. The molecule has 0 spiro atoms. The number of carbonyl (C=O) groups excluding carboxylic acids is 1. The van der Waals surface area contributed by atoms with Crippen molar-refractivity contribution in [3.05, 3.63) is 107 Å². The van der Waals surface area contributed by atoms with Crippen molar-refractivity contribution in [3.8, 4) is 5.75 Å². The molecule has 188 valence electrons. The zero-order chi connectivity index (χ0) is 26.0. The fourth-order valence-corrected chi connectivity index (χ4v) is 4.71. The van der Waals surface area contributed by atoms with Crippen LogP contribution in [0.1, 0.15) is 59.9 Å². The van der Waals surface area contributed by atoms with Gasteiger partial charge in [-0.25, -0.2) is 14.2 Å². The quantitative estimate of drug-likeness (QED) is 0.207. The van der Waals surface area contributed by atoms with E-state index in [2.05, 4.69) is 51.1 Å². The van der Waals surface area contributed by atoms with Crippen LogP contribution in [0, 0.1) is 5.82 Å². The number of allylic oxidation sites excluding steroid dienone is 1. The van der Waals surface area contributed by atoms with Crippen molar-refractivity contribution in [2.24, 2.45) is 0 Å². The molecule has 0 amide bonds. The molecule has 1 aliphatic carbocycles.